The van der Waals surface area contributed by atoms with Gasteiger partial charge in [-0.25, -0.2) is 4.98 Å². The maximum atomic E-state index is 12.0. The molecule has 0 bridgehead atoms. The van der Waals surface area contributed by atoms with Crippen molar-refractivity contribution >= 4 is 6.29 Å². The number of carbonyl (C=O) groups is 1. The van der Waals surface area contributed by atoms with Gasteiger partial charge in [0.05, 0.1) is 0 Å². The lowest BCUT2D eigenvalue weighted by atomic mass is 10.1. The van der Waals surface area contributed by atoms with Gasteiger partial charge in [-0.1, -0.05) is 0 Å². The fraction of sp³-hybridized carbons (Fsp3) is 0.455. The number of pyridine rings is 1. The standard InChI is InChI=1S/C11H10F3NO2/c12-11(13,14)6-17-10-9(8-1-2-8)3-7(5-16)4-15-10/h3-5,8H,1-2,6H2. The van der Waals surface area contributed by atoms with Gasteiger partial charge in [-0.05, 0) is 24.8 Å². The molecule has 0 saturated heterocycles. The second-order valence-corrected chi connectivity index (χ2v) is 3.96. The molecule has 3 nitrogen and oxygen atoms in total. The monoisotopic (exact) mass is 245 g/mol. The first-order valence-corrected chi connectivity index (χ1v) is 5.14. The van der Waals surface area contributed by atoms with Gasteiger partial charge in [-0.15, -0.1) is 0 Å². The Balaban J connectivity index is 2.17. The molecule has 0 N–H and O–H groups in total. The highest BCUT2D eigenvalue weighted by Gasteiger charge is 2.32. The van der Waals surface area contributed by atoms with Crippen LogP contribution in [-0.2, 0) is 0 Å². The predicted molar refractivity (Wildman–Crippen MR) is 53.1 cm³/mol. The van der Waals surface area contributed by atoms with E-state index in [-0.39, 0.29) is 11.8 Å². The molecule has 0 radical (unpaired) electrons. The van der Waals surface area contributed by atoms with E-state index in [4.69, 9.17) is 0 Å². The molecule has 0 spiro atoms. The van der Waals surface area contributed by atoms with Crippen molar-refractivity contribution in [3.63, 3.8) is 0 Å². The van der Waals surface area contributed by atoms with E-state index in [2.05, 4.69) is 9.72 Å². The third kappa shape index (κ3) is 3.18. The molecule has 2 rings (SSSR count). The summed E-state index contributed by atoms with van der Waals surface area (Å²) in [4.78, 5) is 14.3. The third-order valence-electron chi connectivity index (χ3n) is 2.43. The van der Waals surface area contributed by atoms with Crippen LogP contribution < -0.4 is 4.74 Å². The zero-order valence-electron chi connectivity index (χ0n) is 8.83. The van der Waals surface area contributed by atoms with Crippen LogP contribution in [0.1, 0.15) is 34.7 Å². The maximum Gasteiger partial charge on any atom is 0.422 e. The van der Waals surface area contributed by atoms with E-state index < -0.39 is 12.8 Å². The van der Waals surface area contributed by atoms with Crippen molar-refractivity contribution in [1.82, 2.24) is 4.98 Å². The molecule has 0 unspecified atom stereocenters. The molecule has 1 saturated carbocycles. The summed E-state index contributed by atoms with van der Waals surface area (Å²) in [5.41, 5.74) is 0.949. The van der Waals surface area contributed by atoms with Crippen LogP contribution in [0.4, 0.5) is 13.2 Å². The number of aldehydes is 1. The van der Waals surface area contributed by atoms with Crippen molar-refractivity contribution in [3.8, 4) is 5.88 Å². The fourth-order valence-electron chi connectivity index (χ4n) is 1.51. The van der Waals surface area contributed by atoms with E-state index in [1.54, 1.807) is 6.07 Å². The van der Waals surface area contributed by atoms with Gasteiger partial charge in [0.2, 0.25) is 5.88 Å². The zero-order valence-corrected chi connectivity index (χ0v) is 8.83. The minimum Gasteiger partial charge on any atom is -0.468 e. The molecule has 1 heterocycles. The number of carbonyl (C=O) groups excluding carboxylic acids is 1. The van der Waals surface area contributed by atoms with Gasteiger partial charge in [0, 0.05) is 17.3 Å². The molecule has 1 aliphatic rings. The molecule has 0 aromatic carbocycles. The van der Waals surface area contributed by atoms with Gasteiger partial charge in [0.1, 0.15) is 0 Å². The molecule has 0 amide bonds. The summed E-state index contributed by atoms with van der Waals surface area (Å²) in [6, 6.07) is 1.55. The van der Waals surface area contributed by atoms with Crippen LogP contribution in [0.5, 0.6) is 5.88 Å². The molecule has 0 aliphatic heterocycles. The molecular formula is C11H10F3NO2. The Morgan fingerprint density at radius 3 is 2.71 bits per heavy atom. The first kappa shape index (κ1) is 11.9. The van der Waals surface area contributed by atoms with Crippen molar-refractivity contribution in [2.24, 2.45) is 0 Å². The zero-order chi connectivity index (χ0) is 12.5. The molecule has 92 valence electrons. The van der Waals surface area contributed by atoms with Crippen LogP contribution in [0.15, 0.2) is 12.3 Å². The van der Waals surface area contributed by atoms with Gasteiger partial charge in [0.25, 0.3) is 0 Å². The number of aromatic nitrogens is 1. The lowest BCUT2D eigenvalue weighted by Gasteiger charge is -2.11. The normalized spacial score (nSPS) is 15.7. The van der Waals surface area contributed by atoms with Crippen molar-refractivity contribution in [2.75, 3.05) is 6.61 Å². The smallest absolute Gasteiger partial charge is 0.422 e. The van der Waals surface area contributed by atoms with Gasteiger partial charge in [-0.3, -0.25) is 4.79 Å². The Bertz CT molecular complexity index is 427. The topological polar surface area (TPSA) is 39.2 Å². The van der Waals surface area contributed by atoms with Gasteiger partial charge >= 0.3 is 6.18 Å². The van der Waals surface area contributed by atoms with Gasteiger partial charge < -0.3 is 4.74 Å². The van der Waals surface area contributed by atoms with Crippen LogP contribution in [0.2, 0.25) is 0 Å². The number of hydrogen-bond donors (Lipinski definition) is 0. The summed E-state index contributed by atoms with van der Waals surface area (Å²) >= 11 is 0. The molecule has 17 heavy (non-hydrogen) atoms. The van der Waals surface area contributed by atoms with Crippen LogP contribution in [0, 0.1) is 0 Å². The van der Waals surface area contributed by atoms with Crippen LogP contribution in [0.25, 0.3) is 0 Å². The third-order valence-corrected chi connectivity index (χ3v) is 2.43. The molecule has 1 fully saturated rings. The second-order valence-electron chi connectivity index (χ2n) is 3.96. The highest BCUT2D eigenvalue weighted by Crippen LogP contribution is 2.43. The lowest BCUT2D eigenvalue weighted by molar-refractivity contribution is -0.154. The molecule has 1 aromatic rings. The average molecular weight is 245 g/mol. The van der Waals surface area contributed by atoms with Gasteiger partial charge in [-0.2, -0.15) is 13.2 Å². The Hall–Kier alpha value is -1.59. The van der Waals surface area contributed by atoms with Crippen molar-refractivity contribution in [1.29, 1.82) is 0 Å². The number of hydrogen-bond acceptors (Lipinski definition) is 3. The van der Waals surface area contributed by atoms with E-state index >= 15 is 0 Å². The van der Waals surface area contributed by atoms with E-state index in [1.165, 1.54) is 6.20 Å². The highest BCUT2D eigenvalue weighted by atomic mass is 19.4. The SMILES string of the molecule is O=Cc1cnc(OCC(F)(F)F)c(C2CC2)c1. The molecular weight excluding hydrogens is 235 g/mol. The predicted octanol–water partition coefficient (Wildman–Crippen LogP) is 2.71. The first-order valence-electron chi connectivity index (χ1n) is 5.14. The van der Waals surface area contributed by atoms with Crippen LogP contribution >= 0.6 is 0 Å². The second kappa shape index (κ2) is 4.35. The largest absolute Gasteiger partial charge is 0.468 e. The van der Waals surface area contributed by atoms with Crippen molar-refractivity contribution in [2.45, 2.75) is 24.9 Å². The lowest BCUT2D eigenvalue weighted by Crippen LogP contribution is -2.20. The number of alkyl halides is 3. The number of ether oxygens (including phenoxy) is 1. The summed E-state index contributed by atoms with van der Waals surface area (Å²) in [5.74, 6) is 0.154. The summed E-state index contributed by atoms with van der Waals surface area (Å²) < 4.78 is 40.7. The van der Waals surface area contributed by atoms with Gasteiger partial charge in [0.15, 0.2) is 12.9 Å². The quantitative estimate of drug-likeness (QED) is 0.765. The van der Waals surface area contributed by atoms with E-state index in [1.807, 2.05) is 0 Å². The minimum atomic E-state index is -4.38. The van der Waals surface area contributed by atoms with Crippen molar-refractivity contribution < 1.29 is 22.7 Å². The van der Waals surface area contributed by atoms with E-state index in [0.29, 0.717) is 17.4 Å². The fourth-order valence-corrected chi connectivity index (χ4v) is 1.51. The Morgan fingerprint density at radius 1 is 1.47 bits per heavy atom. The van der Waals surface area contributed by atoms with Crippen LogP contribution in [0.3, 0.4) is 0 Å². The number of rotatable bonds is 4. The molecule has 1 aliphatic carbocycles. The first-order chi connectivity index (χ1) is 7.99. The molecule has 0 atom stereocenters. The number of halogens is 3. The highest BCUT2D eigenvalue weighted by molar-refractivity contribution is 5.74. The summed E-state index contributed by atoms with van der Waals surface area (Å²) in [6.45, 7) is -1.36. The summed E-state index contributed by atoms with van der Waals surface area (Å²) in [6.07, 6.45) is -0.762. The molecule has 1 aromatic heterocycles. The Labute approximate surface area is 95.6 Å². The van der Waals surface area contributed by atoms with Crippen molar-refractivity contribution in [3.05, 3.63) is 23.4 Å². The Morgan fingerprint density at radius 2 is 2.18 bits per heavy atom. The average Bonchev–Trinajstić information content (AvgIpc) is 3.09. The van der Waals surface area contributed by atoms with E-state index in [0.717, 1.165) is 12.8 Å². The summed E-state index contributed by atoms with van der Waals surface area (Å²) in [5, 5.41) is 0. The maximum absolute atomic E-state index is 12.0. The number of nitrogens with zero attached hydrogens (tertiary/aromatic N) is 1. The Kier molecular flexibility index (Phi) is 3.04. The molecule has 6 heteroatoms. The van der Waals surface area contributed by atoms with E-state index in [9.17, 15) is 18.0 Å². The van der Waals surface area contributed by atoms with Crippen LogP contribution in [-0.4, -0.2) is 24.1 Å². The summed E-state index contributed by atoms with van der Waals surface area (Å²) in [7, 11) is 0. The minimum absolute atomic E-state index is 0.0181.